The van der Waals surface area contributed by atoms with E-state index in [2.05, 4.69) is 37.3 Å². The van der Waals surface area contributed by atoms with Gasteiger partial charge in [-0.2, -0.15) is 0 Å². The zero-order valence-electron chi connectivity index (χ0n) is 9.25. The van der Waals surface area contributed by atoms with Crippen molar-refractivity contribution in [2.45, 2.75) is 32.6 Å². The summed E-state index contributed by atoms with van der Waals surface area (Å²) in [5.74, 6) is 1.01. The molecule has 0 aromatic heterocycles. The number of rotatable bonds is 3. The van der Waals surface area contributed by atoms with Gasteiger partial charge >= 0.3 is 0 Å². The molecule has 0 saturated heterocycles. The number of hydrogen-bond donors (Lipinski definition) is 0. The van der Waals surface area contributed by atoms with Gasteiger partial charge in [-0.15, -0.1) is 0 Å². The van der Waals surface area contributed by atoms with E-state index in [1.165, 1.54) is 17.5 Å². The van der Waals surface area contributed by atoms with Gasteiger partial charge in [-0.05, 0) is 55.0 Å². The second kappa shape index (κ2) is 5.01. The van der Waals surface area contributed by atoms with Crippen molar-refractivity contribution in [3.05, 3.63) is 35.4 Å². The van der Waals surface area contributed by atoms with Crippen LogP contribution in [0.5, 0.6) is 5.75 Å². The highest BCUT2D eigenvalue weighted by atomic mass is 16.5. The van der Waals surface area contributed by atoms with Crippen molar-refractivity contribution in [3.8, 4) is 5.75 Å². The Morgan fingerprint density at radius 3 is 3.20 bits per heavy atom. The standard InChI is InChI=1S/C14H17O/c1-2-10-15-14-9-8-12-6-4-3-5-7-13(12)11-14/h6,8-9,11H,2-3,5,7,10H2,1H3. The Hall–Kier alpha value is -1.24. The fraction of sp³-hybridized carbons (Fsp3) is 0.429. The summed E-state index contributed by atoms with van der Waals surface area (Å²) in [6.07, 6.45) is 9.87. The molecule has 15 heavy (non-hydrogen) atoms. The van der Waals surface area contributed by atoms with Crippen LogP contribution in [0, 0.1) is 6.08 Å². The summed E-state index contributed by atoms with van der Waals surface area (Å²) in [5.41, 5.74) is 2.70. The molecule has 1 aliphatic carbocycles. The van der Waals surface area contributed by atoms with Crippen molar-refractivity contribution in [1.82, 2.24) is 0 Å². The lowest BCUT2D eigenvalue weighted by Crippen LogP contribution is -1.96. The summed E-state index contributed by atoms with van der Waals surface area (Å²) < 4.78 is 5.63. The quantitative estimate of drug-likeness (QED) is 0.725. The Kier molecular flexibility index (Phi) is 3.44. The van der Waals surface area contributed by atoms with Crippen molar-refractivity contribution in [2.24, 2.45) is 0 Å². The molecule has 0 unspecified atom stereocenters. The van der Waals surface area contributed by atoms with Crippen LogP contribution in [0.25, 0.3) is 6.08 Å². The van der Waals surface area contributed by atoms with Crippen LogP contribution >= 0.6 is 0 Å². The van der Waals surface area contributed by atoms with Crippen molar-refractivity contribution >= 4 is 6.08 Å². The second-order valence-electron chi connectivity index (χ2n) is 3.91. The summed E-state index contributed by atoms with van der Waals surface area (Å²) in [6, 6.07) is 6.37. The summed E-state index contributed by atoms with van der Waals surface area (Å²) >= 11 is 0. The highest BCUT2D eigenvalue weighted by Crippen LogP contribution is 2.23. The van der Waals surface area contributed by atoms with E-state index in [0.29, 0.717) is 0 Å². The highest BCUT2D eigenvalue weighted by molar-refractivity contribution is 5.55. The molecule has 0 atom stereocenters. The van der Waals surface area contributed by atoms with E-state index in [-0.39, 0.29) is 0 Å². The second-order valence-corrected chi connectivity index (χ2v) is 3.91. The number of allylic oxidation sites excluding steroid dienone is 1. The van der Waals surface area contributed by atoms with E-state index >= 15 is 0 Å². The van der Waals surface area contributed by atoms with Crippen LogP contribution in [-0.2, 0) is 6.42 Å². The van der Waals surface area contributed by atoms with Crippen LogP contribution < -0.4 is 4.74 Å². The molecule has 0 bridgehead atoms. The van der Waals surface area contributed by atoms with Gasteiger partial charge in [0.15, 0.2) is 0 Å². The molecular weight excluding hydrogens is 184 g/mol. The molecule has 1 heteroatoms. The zero-order valence-corrected chi connectivity index (χ0v) is 9.25. The van der Waals surface area contributed by atoms with Gasteiger partial charge < -0.3 is 4.74 Å². The van der Waals surface area contributed by atoms with E-state index in [9.17, 15) is 0 Å². The van der Waals surface area contributed by atoms with Crippen molar-refractivity contribution in [3.63, 3.8) is 0 Å². The van der Waals surface area contributed by atoms with Crippen molar-refractivity contribution in [1.29, 1.82) is 0 Å². The third-order valence-corrected chi connectivity index (χ3v) is 2.61. The minimum atomic E-state index is 0.806. The molecule has 0 heterocycles. The third kappa shape index (κ3) is 2.62. The molecule has 1 nitrogen and oxygen atoms in total. The first-order valence-electron chi connectivity index (χ1n) is 5.72. The lowest BCUT2D eigenvalue weighted by molar-refractivity contribution is 0.317. The lowest BCUT2D eigenvalue weighted by Gasteiger charge is -2.08. The van der Waals surface area contributed by atoms with Crippen LogP contribution in [0.15, 0.2) is 18.2 Å². The number of hydrogen-bond acceptors (Lipinski definition) is 1. The van der Waals surface area contributed by atoms with Crippen molar-refractivity contribution < 1.29 is 4.74 Å². The number of aryl methyl sites for hydroxylation is 1. The summed E-state index contributed by atoms with van der Waals surface area (Å²) in [4.78, 5) is 0. The average molecular weight is 201 g/mol. The van der Waals surface area contributed by atoms with Crippen LogP contribution in [0.1, 0.15) is 37.3 Å². The fourth-order valence-corrected chi connectivity index (χ4v) is 1.81. The molecule has 2 rings (SSSR count). The summed E-state index contributed by atoms with van der Waals surface area (Å²) in [6.45, 7) is 2.93. The molecule has 0 saturated carbocycles. The SMILES string of the molecule is CCCOc1ccc2c(c1)CCC[C]=C2. The number of benzene rings is 1. The Labute approximate surface area is 91.8 Å². The molecule has 0 aliphatic heterocycles. The predicted octanol–water partition coefficient (Wildman–Crippen LogP) is 3.63. The van der Waals surface area contributed by atoms with Crippen LogP contribution in [0.4, 0.5) is 0 Å². The van der Waals surface area contributed by atoms with Gasteiger partial charge in [0.05, 0.1) is 6.61 Å². The third-order valence-electron chi connectivity index (χ3n) is 2.61. The molecular formula is C14H17O. The number of ether oxygens (including phenoxy) is 1. The van der Waals surface area contributed by atoms with E-state index < -0.39 is 0 Å². The first-order chi connectivity index (χ1) is 7.40. The fourth-order valence-electron chi connectivity index (χ4n) is 1.81. The average Bonchev–Trinajstić information content (AvgIpc) is 2.50. The van der Waals surface area contributed by atoms with Gasteiger partial charge in [-0.25, -0.2) is 0 Å². The van der Waals surface area contributed by atoms with Crippen LogP contribution in [-0.4, -0.2) is 6.61 Å². The Morgan fingerprint density at radius 2 is 2.33 bits per heavy atom. The normalized spacial score (nSPS) is 14.5. The molecule has 79 valence electrons. The molecule has 1 aromatic carbocycles. The summed E-state index contributed by atoms with van der Waals surface area (Å²) in [5, 5.41) is 0. The number of fused-ring (bicyclic) bond motifs is 1. The van der Waals surface area contributed by atoms with Gasteiger partial charge in [0, 0.05) is 0 Å². The van der Waals surface area contributed by atoms with Crippen LogP contribution in [0.3, 0.4) is 0 Å². The van der Waals surface area contributed by atoms with Gasteiger partial charge in [0.1, 0.15) is 5.75 Å². The van der Waals surface area contributed by atoms with Gasteiger partial charge in [0.2, 0.25) is 0 Å². The van der Waals surface area contributed by atoms with E-state index in [0.717, 1.165) is 31.6 Å². The molecule has 1 aliphatic rings. The van der Waals surface area contributed by atoms with E-state index in [1.807, 2.05) is 0 Å². The smallest absolute Gasteiger partial charge is 0.119 e. The molecule has 0 N–H and O–H groups in total. The molecule has 0 amide bonds. The lowest BCUT2D eigenvalue weighted by atomic mass is 10.0. The maximum absolute atomic E-state index is 5.63. The Bertz CT molecular complexity index is 352. The molecule has 1 radical (unpaired) electrons. The maximum atomic E-state index is 5.63. The van der Waals surface area contributed by atoms with E-state index in [1.54, 1.807) is 0 Å². The largest absolute Gasteiger partial charge is 0.494 e. The highest BCUT2D eigenvalue weighted by Gasteiger charge is 2.05. The van der Waals surface area contributed by atoms with Gasteiger partial charge in [0.25, 0.3) is 0 Å². The first kappa shape index (κ1) is 10.3. The van der Waals surface area contributed by atoms with Gasteiger partial charge in [-0.3, -0.25) is 0 Å². The molecule has 1 aromatic rings. The van der Waals surface area contributed by atoms with Crippen molar-refractivity contribution in [2.75, 3.05) is 6.61 Å². The minimum Gasteiger partial charge on any atom is -0.494 e. The maximum Gasteiger partial charge on any atom is 0.119 e. The zero-order chi connectivity index (χ0) is 10.5. The molecule has 0 fully saturated rings. The summed E-state index contributed by atoms with van der Waals surface area (Å²) in [7, 11) is 0. The monoisotopic (exact) mass is 201 g/mol. The van der Waals surface area contributed by atoms with Gasteiger partial charge in [-0.1, -0.05) is 19.1 Å². The van der Waals surface area contributed by atoms with Crippen LogP contribution in [0.2, 0.25) is 0 Å². The molecule has 0 spiro atoms. The topological polar surface area (TPSA) is 9.23 Å². The first-order valence-corrected chi connectivity index (χ1v) is 5.72. The van der Waals surface area contributed by atoms with E-state index in [4.69, 9.17) is 4.74 Å². The Balaban J connectivity index is 2.18. The minimum absolute atomic E-state index is 0.806. The Morgan fingerprint density at radius 1 is 1.40 bits per heavy atom. The predicted molar refractivity (Wildman–Crippen MR) is 62.9 cm³/mol.